The van der Waals surface area contributed by atoms with E-state index in [-0.39, 0.29) is 5.82 Å². The van der Waals surface area contributed by atoms with Crippen molar-refractivity contribution in [3.8, 4) is 6.07 Å². The Morgan fingerprint density at radius 2 is 1.89 bits per heavy atom. The standard InChI is InChI=1S/C15H11FN2/c1-11-2-7-14(8-15(11)16)18-10-13-5-3-12(9-17)4-6-13/h2-8,10H,1H3. The van der Waals surface area contributed by atoms with Crippen LogP contribution in [0, 0.1) is 24.1 Å². The van der Waals surface area contributed by atoms with Crippen molar-refractivity contribution < 1.29 is 4.39 Å². The third-order valence-electron chi connectivity index (χ3n) is 2.56. The molecule has 0 atom stereocenters. The number of nitriles is 1. The Hall–Kier alpha value is -2.47. The van der Waals surface area contributed by atoms with Gasteiger partial charge >= 0.3 is 0 Å². The monoisotopic (exact) mass is 238 g/mol. The summed E-state index contributed by atoms with van der Waals surface area (Å²) in [6.45, 7) is 1.71. The van der Waals surface area contributed by atoms with Crippen LogP contribution in [0.15, 0.2) is 47.5 Å². The lowest BCUT2D eigenvalue weighted by atomic mass is 10.1. The first-order valence-electron chi connectivity index (χ1n) is 5.49. The van der Waals surface area contributed by atoms with Crippen molar-refractivity contribution in [2.24, 2.45) is 4.99 Å². The molecule has 88 valence electrons. The number of aryl methyl sites for hydroxylation is 1. The zero-order chi connectivity index (χ0) is 13.0. The summed E-state index contributed by atoms with van der Waals surface area (Å²) in [6.07, 6.45) is 1.64. The molecular weight excluding hydrogens is 227 g/mol. The molecule has 0 spiro atoms. The van der Waals surface area contributed by atoms with E-state index in [0.29, 0.717) is 16.8 Å². The number of halogens is 1. The first-order valence-corrected chi connectivity index (χ1v) is 5.49. The second-order valence-electron chi connectivity index (χ2n) is 3.93. The zero-order valence-corrected chi connectivity index (χ0v) is 9.89. The van der Waals surface area contributed by atoms with Gasteiger partial charge in [-0.2, -0.15) is 5.26 Å². The van der Waals surface area contributed by atoms with Gasteiger partial charge in [-0.1, -0.05) is 18.2 Å². The molecule has 0 aliphatic rings. The molecule has 0 amide bonds. The van der Waals surface area contributed by atoms with Gasteiger partial charge in [-0.3, -0.25) is 4.99 Å². The molecule has 0 aliphatic heterocycles. The van der Waals surface area contributed by atoms with E-state index in [1.54, 1.807) is 49.5 Å². The molecular formula is C15H11FN2. The Labute approximate surface area is 105 Å². The Morgan fingerprint density at radius 3 is 2.50 bits per heavy atom. The predicted molar refractivity (Wildman–Crippen MR) is 69.5 cm³/mol. The van der Waals surface area contributed by atoms with E-state index in [1.165, 1.54) is 6.07 Å². The minimum absolute atomic E-state index is 0.260. The van der Waals surface area contributed by atoms with Crippen LogP contribution in [-0.4, -0.2) is 6.21 Å². The van der Waals surface area contributed by atoms with Gasteiger partial charge in [0.15, 0.2) is 0 Å². The quantitative estimate of drug-likeness (QED) is 0.734. The number of benzene rings is 2. The minimum atomic E-state index is -0.260. The summed E-state index contributed by atoms with van der Waals surface area (Å²) in [5, 5.41) is 8.67. The fraction of sp³-hybridized carbons (Fsp3) is 0.0667. The molecule has 0 bridgehead atoms. The highest BCUT2D eigenvalue weighted by molar-refractivity contribution is 5.82. The largest absolute Gasteiger partial charge is 0.256 e. The zero-order valence-electron chi connectivity index (χ0n) is 9.89. The summed E-state index contributed by atoms with van der Waals surface area (Å²) in [7, 11) is 0. The Kier molecular flexibility index (Phi) is 3.49. The second kappa shape index (κ2) is 5.24. The van der Waals surface area contributed by atoms with Gasteiger partial charge in [0, 0.05) is 6.21 Å². The highest BCUT2D eigenvalue weighted by atomic mass is 19.1. The third kappa shape index (κ3) is 2.80. The highest BCUT2D eigenvalue weighted by Gasteiger charge is 1.97. The first kappa shape index (κ1) is 12.0. The van der Waals surface area contributed by atoms with Crippen molar-refractivity contribution in [1.82, 2.24) is 0 Å². The number of rotatable bonds is 2. The predicted octanol–water partition coefficient (Wildman–Crippen LogP) is 3.76. The van der Waals surface area contributed by atoms with Crippen molar-refractivity contribution in [2.45, 2.75) is 6.92 Å². The first-order chi connectivity index (χ1) is 8.69. The van der Waals surface area contributed by atoms with Gasteiger partial charge in [-0.05, 0) is 42.3 Å². The van der Waals surface area contributed by atoms with Gasteiger partial charge in [-0.25, -0.2) is 4.39 Å². The van der Waals surface area contributed by atoms with E-state index in [2.05, 4.69) is 4.99 Å². The normalized spacial score (nSPS) is 10.5. The molecule has 3 heteroatoms. The molecule has 0 saturated heterocycles. The van der Waals surface area contributed by atoms with Gasteiger partial charge in [0.1, 0.15) is 5.82 Å². The fourth-order valence-electron chi connectivity index (χ4n) is 1.45. The SMILES string of the molecule is Cc1ccc(N=Cc2ccc(C#N)cc2)cc1F. The van der Waals surface area contributed by atoms with Crippen LogP contribution in [0.5, 0.6) is 0 Å². The van der Waals surface area contributed by atoms with Gasteiger partial charge in [-0.15, -0.1) is 0 Å². The Morgan fingerprint density at radius 1 is 1.17 bits per heavy atom. The van der Waals surface area contributed by atoms with Crippen LogP contribution in [0.4, 0.5) is 10.1 Å². The average molecular weight is 238 g/mol. The van der Waals surface area contributed by atoms with E-state index in [1.807, 2.05) is 6.07 Å². The molecule has 0 N–H and O–H groups in total. The van der Waals surface area contributed by atoms with Crippen molar-refractivity contribution in [1.29, 1.82) is 5.26 Å². The second-order valence-corrected chi connectivity index (χ2v) is 3.93. The van der Waals surface area contributed by atoms with Crippen LogP contribution in [0.3, 0.4) is 0 Å². The maximum absolute atomic E-state index is 13.3. The highest BCUT2D eigenvalue weighted by Crippen LogP contribution is 2.16. The lowest BCUT2D eigenvalue weighted by Crippen LogP contribution is -1.83. The molecule has 0 heterocycles. The number of hydrogen-bond acceptors (Lipinski definition) is 2. The van der Waals surface area contributed by atoms with Gasteiger partial charge < -0.3 is 0 Å². The van der Waals surface area contributed by atoms with Gasteiger partial charge in [0.25, 0.3) is 0 Å². The molecule has 0 saturated carbocycles. The van der Waals surface area contributed by atoms with E-state index >= 15 is 0 Å². The molecule has 0 aliphatic carbocycles. The van der Waals surface area contributed by atoms with Crippen LogP contribution in [0.2, 0.25) is 0 Å². The summed E-state index contributed by atoms with van der Waals surface area (Å²) in [5.74, 6) is -0.260. The topological polar surface area (TPSA) is 36.1 Å². The summed E-state index contributed by atoms with van der Waals surface area (Å²) < 4.78 is 13.3. The van der Waals surface area contributed by atoms with Crippen LogP contribution in [0.1, 0.15) is 16.7 Å². The van der Waals surface area contributed by atoms with Crippen molar-refractivity contribution in [3.63, 3.8) is 0 Å². The Bertz CT molecular complexity index is 622. The third-order valence-corrected chi connectivity index (χ3v) is 2.56. The summed E-state index contributed by atoms with van der Waals surface area (Å²) >= 11 is 0. The average Bonchev–Trinajstić information content (AvgIpc) is 2.41. The molecule has 2 aromatic rings. The summed E-state index contributed by atoms with van der Waals surface area (Å²) in [4.78, 5) is 4.19. The van der Waals surface area contributed by atoms with E-state index < -0.39 is 0 Å². The number of hydrogen-bond donors (Lipinski definition) is 0. The smallest absolute Gasteiger partial charge is 0.128 e. The molecule has 18 heavy (non-hydrogen) atoms. The van der Waals surface area contributed by atoms with E-state index in [0.717, 1.165) is 5.56 Å². The molecule has 2 nitrogen and oxygen atoms in total. The number of nitrogens with zero attached hydrogens (tertiary/aromatic N) is 2. The Balaban J connectivity index is 2.19. The van der Waals surface area contributed by atoms with Crippen molar-refractivity contribution in [2.75, 3.05) is 0 Å². The summed E-state index contributed by atoms with van der Waals surface area (Å²) in [6, 6.07) is 13.9. The molecule has 0 unspecified atom stereocenters. The lowest BCUT2D eigenvalue weighted by Gasteiger charge is -1.98. The van der Waals surface area contributed by atoms with Crippen molar-refractivity contribution in [3.05, 3.63) is 65.0 Å². The molecule has 0 aromatic heterocycles. The van der Waals surface area contributed by atoms with Gasteiger partial charge in [0.05, 0.1) is 17.3 Å². The van der Waals surface area contributed by atoms with Crippen LogP contribution in [0.25, 0.3) is 0 Å². The lowest BCUT2D eigenvalue weighted by molar-refractivity contribution is 0.619. The van der Waals surface area contributed by atoms with Crippen LogP contribution >= 0.6 is 0 Å². The van der Waals surface area contributed by atoms with Gasteiger partial charge in [0.2, 0.25) is 0 Å². The van der Waals surface area contributed by atoms with E-state index in [4.69, 9.17) is 5.26 Å². The van der Waals surface area contributed by atoms with Crippen LogP contribution < -0.4 is 0 Å². The molecule has 2 rings (SSSR count). The van der Waals surface area contributed by atoms with Crippen LogP contribution in [-0.2, 0) is 0 Å². The maximum Gasteiger partial charge on any atom is 0.128 e. The van der Waals surface area contributed by atoms with Crippen molar-refractivity contribution >= 4 is 11.9 Å². The number of aliphatic imine (C=N–C) groups is 1. The fourth-order valence-corrected chi connectivity index (χ4v) is 1.45. The molecule has 0 radical (unpaired) electrons. The minimum Gasteiger partial charge on any atom is -0.256 e. The summed E-state index contributed by atoms with van der Waals surface area (Å²) in [5.41, 5.74) is 2.65. The molecule has 2 aromatic carbocycles. The van der Waals surface area contributed by atoms with E-state index in [9.17, 15) is 4.39 Å². The maximum atomic E-state index is 13.3. The molecule has 0 fully saturated rings.